The summed E-state index contributed by atoms with van der Waals surface area (Å²) in [5.74, 6) is 3.20. The Labute approximate surface area is 133 Å². The molecule has 0 atom stereocenters. The second-order valence-corrected chi connectivity index (χ2v) is 6.30. The number of hydrogen-bond donors (Lipinski definition) is 0. The molecule has 0 saturated carbocycles. The van der Waals surface area contributed by atoms with Crippen LogP contribution >= 0.6 is 11.3 Å². The van der Waals surface area contributed by atoms with Gasteiger partial charge in [-0.1, -0.05) is 36.6 Å². The topological polar surface area (TPSA) is 34.9 Å². The van der Waals surface area contributed by atoms with Crippen molar-refractivity contribution >= 4 is 21.6 Å². The Balaban J connectivity index is 2.35. The lowest BCUT2D eigenvalue weighted by Gasteiger charge is -2.10. The molecule has 110 valence electrons. The van der Waals surface area contributed by atoms with Gasteiger partial charge in [0, 0.05) is 10.4 Å². The zero-order valence-corrected chi connectivity index (χ0v) is 13.4. The monoisotopic (exact) mass is 308 g/mol. The van der Waals surface area contributed by atoms with Crippen LogP contribution in [0.5, 0.6) is 0 Å². The fourth-order valence-electron chi connectivity index (χ4n) is 2.48. The van der Waals surface area contributed by atoms with Crippen molar-refractivity contribution in [1.82, 2.24) is 9.55 Å². The van der Waals surface area contributed by atoms with E-state index < -0.39 is 0 Å². The zero-order chi connectivity index (χ0) is 15.7. The molecule has 22 heavy (non-hydrogen) atoms. The number of thiophene rings is 1. The summed E-state index contributed by atoms with van der Waals surface area (Å²) in [7, 11) is 0. The van der Waals surface area contributed by atoms with Gasteiger partial charge >= 0.3 is 0 Å². The Morgan fingerprint density at radius 3 is 2.86 bits per heavy atom. The lowest BCUT2D eigenvalue weighted by atomic mass is 10.1. The van der Waals surface area contributed by atoms with Gasteiger partial charge < -0.3 is 0 Å². The normalized spacial score (nSPS) is 10.8. The first-order valence-corrected chi connectivity index (χ1v) is 7.99. The molecule has 2 aromatic heterocycles. The van der Waals surface area contributed by atoms with Gasteiger partial charge in [0.25, 0.3) is 5.56 Å². The average molecular weight is 308 g/mol. The maximum atomic E-state index is 12.8. The molecule has 0 fully saturated rings. The van der Waals surface area contributed by atoms with Crippen molar-refractivity contribution in [3.05, 3.63) is 51.1 Å². The number of aryl methyl sites for hydroxylation is 2. The molecule has 2 heterocycles. The summed E-state index contributed by atoms with van der Waals surface area (Å²) in [6.07, 6.45) is 6.35. The van der Waals surface area contributed by atoms with Crippen molar-refractivity contribution in [2.24, 2.45) is 0 Å². The molecule has 0 aliphatic carbocycles. The maximum absolute atomic E-state index is 12.8. The van der Waals surface area contributed by atoms with E-state index in [9.17, 15) is 4.79 Å². The van der Waals surface area contributed by atoms with Crippen LogP contribution < -0.4 is 5.56 Å². The van der Waals surface area contributed by atoms with E-state index in [1.165, 1.54) is 0 Å². The number of hydrogen-bond acceptors (Lipinski definition) is 3. The zero-order valence-electron chi connectivity index (χ0n) is 12.6. The molecule has 0 bridgehead atoms. The van der Waals surface area contributed by atoms with Gasteiger partial charge in [-0.3, -0.25) is 9.36 Å². The predicted molar refractivity (Wildman–Crippen MR) is 92.3 cm³/mol. The van der Waals surface area contributed by atoms with Crippen LogP contribution in [-0.4, -0.2) is 9.55 Å². The summed E-state index contributed by atoms with van der Waals surface area (Å²) >= 11 is 1.58. The molecule has 0 radical (unpaired) electrons. The molecule has 1 aromatic carbocycles. The summed E-state index contributed by atoms with van der Waals surface area (Å²) in [4.78, 5) is 19.4. The summed E-state index contributed by atoms with van der Waals surface area (Å²) in [6, 6.07) is 9.90. The Morgan fingerprint density at radius 1 is 1.36 bits per heavy atom. The van der Waals surface area contributed by atoms with Gasteiger partial charge in [0.05, 0.1) is 11.9 Å². The standard InChI is InChI=1S/C18H16N2OS/c1-4-9-20-16(13-8-6-7-12(3)10-13)19-17-15(18(20)21)11-14(5-2)22-17/h1,6-8,10-11H,5,9H2,2-3H3. The van der Waals surface area contributed by atoms with E-state index in [1.54, 1.807) is 15.9 Å². The van der Waals surface area contributed by atoms with Crippen LogP contribution in [0.1, 0.15) is 17.4 Å². The van der Waals surface area contributed by atoms with Crippen LogP contribution in [0.15, 0.2) is 35.1 Å². The molecule has 0 N–H and O–H groups in total. The van der Waals surface area contributed by atoms with E-state index in [0.717, 1.165) is 27.3 Å². The highest BCUT2D eigenvalue weighted by atomic mass is 32.1. The van der Waals surface area contributed by atoms with E-state index in [0.29, 0.717) is 11.2 Å². The number of aromatic nitrogens is 2. The van der Waals surface area contributed by atoms with Crippen LogP contribution in [-0.2, 0) is 13.0 Å². The molecule has 0 unspecified atom stereocenters. The summed E-state index contributed by atoms with van der Waals surface area (Å²) in [6.45, 7) is 4.32. The fraction of sp³-hybridized carbons (Fsp3) is 0.222. The minimum absolute atomic E-state index is 0.0598. The number of benzene rings is 1. The second kappa shape index (κ2) is 5.78. The third-order valence-electron chi connectivity index (χ3n) is 3.58. The van der Waals surface area contributed by atoms with E-state index >= 15 is 0 Å². The van der Waals surface area contributed by atoms with Crippen molar-refractivity contribution < 1.29 is 0 Å². The first-order chi connectivity index (χ1) is 10.6. The molecule has 0 saturated heterocycles. The van der Waals surface area contributed by atoms with Crippen LogP contribution in [0, 0.1) is 19.3 Å². The number of nitrogens with zero attached hydrogens (tertiary/aromatic N) is 2. The Morgan fingerprint density at radius 2 is 2.18 bits per heavy atom. The van der Waals surface area contributed by atoms with E-state index in [4.69, 9.17) is 11.4 Å². The third kappa shape index (κ3) is 2.44. The van der Waals surface area contributed by atoms with Gasteiger partial charge in [-0.05, 0) is 25.5 Å². The van der Waals surface area contributed by atoms with Gasteiger partial charge in [0.1, 0.15) is 10.7 Å². The second-order valence-electron chi connectivity index (χ2n) is 5.19. The molecule has 4 heteroatoms. The van der Waals surface area contributed by atoms with Gasteiger partial charge in [0.15, 0.2) is 0 Å². The molecule has 3 aromatic rings. The largest absolute Gasteiger partial charge is 0.280 e. The van der Waals surface area contributed by atoms with Gasteiger partial charge in [-0.15, -0.1) is 17.8 Å². The molecular formula is C18H16N2OS. The maximum Gasteiger partial charge on any atom is 0.263 e. The lowest BCUT2D eigenvalue weighted by molar-refractivity contribution is 0.796. The molecular weight excluding hydrogens is 292 g/mol. The van der Waals surface area contributed by atoms with Crippen LogP contribution in [0.3, 0.4) is 0 Å². The molecule has 3 nitrogen and oxygen atoms in total. The van der Waals surface area contributed by atoms with Crippen molar-refractivity contribution in [1.29, 1.82) is 0 Å². The van der Waals surface area contributed by atoms with E-state index in [1.807, 2.05) is 37.3 Å². The van der Waals surface area contributed by atoms with E-state index in [-0.39, 0.29) is 12.1 Å². The summed E-state index contributed by atoms with van der Waals surface area (Å²) in [5, 5.41) is 0.661. The van der Waals surface area contributed by atoms with E-state index in [2.05, 4.69) is 12.8 Å². The average Bonchev–Trinajstić information content (AvgIpc) is 2.93. The van der Waals surface area contributed by atoms with Crippen molar-refractivity contribution in [2.75, 3.05) is 0 Å². The highest BCUT2D eigenvalue weighted by Crippen LogP contribution is 2.25. The van der Waals surface area contributed by atoms with Crippen molar-refractivity contribution in [2.45, 2.75) is 26.8 Å². The van der Waals surface area contributed by atoms with Crippen molar-refractivity contribution in [3.8, 4) is 23.7 Å². The Kier molecular flexibility index (Phi) is 3.82. The number of terminal acetylenes is 1. The van der Waals surface area contributed by atoms with Crippen LogP contribution in [0.25, 0.3) is 21.6 Å². The van der Waals surface area contributed by atoms with Crippen molar-refractivity contribution in [3.63, 3.8) is 0 Å². The number of fused-ring (bicyclic) bond motifs is 1. The Bertz CT molecular complexity index is 944. The molecule has 0 aliphatic heterocycles. The smallest absolute Gasteiger partial charge is 0.263 e. The highest BCUT2D eigenvalue weighted by molar-refractivity contribution is 7.18. The van der Waals surface area contributed by atoms with Gasteiger partial charge in [-0.25, -0.2) is 4.98 Å². The lowest BCUT2D eigenvalue weighted by Crippen LogP contribution is -2.22. The predicted octanol–water partition coefficient (Wildman–Crippen LogP) is 3.63. The Hall–Kier alpha value is -2.38. The quantitative estimate of drug-likeness (QED) is 0.693. The molecule has 0 amide bonds. The third-order valence-corrected chi connectivity index (χ3v) is 4.75. The number of rotatable bonds is 3. The van der Waals surface area contributed by atoms with Crippen LogP contribution in [0.4, 0.5) is 0 Å². The summed E-state index contributed by atoms with van der Waals surface area (Å²) in [5.41, 5.74) is 1.98. The molecule has 0 spiro atoms. The van der Waals surface area contributed by atoms with Crippen LogP contribution in [0.2, 0.25) is 0 Å². The van der Waals surface area contributed by atoms with Gasteiger partial charge in [-0.2, -0.15) is 0 Å². The minimum Gasteiger partial charge on any atom is -0.280 e. The SMILES string of the molecule is C#CCn1c(-c2cccc(C)c2)nc2sc(CC)cc2c1=O. The minimum atomic E-state index is -0.0598. The fourth-order valence-corrected chi connectivity index (χ4v) is 3.44. The summed E-state index contributed by atoms with van der Waals surface area (Å²) < 4.78 is 1.59. The first kappa shape index (κ1) is 14.6. The molecule has 3 rings (SSSR count). The van der Waals surface area contributed by atoms with Gasteiger partial charge in [0.2, 0.25) is 0 Å². The molecule has 0 aliphatic rings. The first-order valence-electron chi connectivity index (χ1n) is 7.17. The highest BCUT2D eigenvalue weighted by Gasteiger charge is 2.14.